The minimum Gasteiger partial charge on any atom is -0.326 e. The summed E-state index contributed by atoms with van der Waals surface area (Å²) in [6.07, 6.45) is 1.37. The lowest BCUT2D eigenvalue weighted by atomic mass is 10.1. The van der Waals surface area contributed by atoms with Crippen molar-refractivity contribution in [3.8, 4) is 0 Å². The quantitative estimate of drug-likeness (QED) is 0.886. The summed E-state index contributed by atoms with van der Waals surface area (Å²) in [7, 11) is 0. The summed E-state index contributed by atoms with van der Waals surface area (Å²) < 4.78 is 0.931. The number of nitrogens with zero attached hydrogens (tertiary/aromatic N) is 1. The molecule has 6 heteroatoms. The zero-order valence-electron chi connectivity index (χ0n) is 12.4. The molecule has 1 aromatic heterocycles. The normalized spacial score (nSPS) is 10.9. The van der Waals surface area contributed by atoms with E-state index in [1.165, 1.54) is 18.3 Å². The number of amides is 2. The van der Waals surface area contributed by atoms with Crippen LogP contribution in [-0.4, -0.2) is 16.8 Å². The van der Waals surface area contributed by atoms with Crippen LogP contribution in [0.1, 0.15) is 33.6 Å². The third kappa shape index (κ3) is 4.53. The standard InChI is InChI=1S/C15H19N3O2S/c1-9(2)4-7-14(20)18-15-17-12-6-5-11(16-10(3)19)8-13(12)21-15/h5-6,8-9H,4,7H2,1-3H3,(H,16,19)(H,17,18,20). The maximum atomic E-state index is 11.8. The molecule has 21 heavy (non-hydrogen) atoms. The predicted molar refractivity (Wildman–Crippen MR) is 86.6 cm³/mol. The van der Waals surface area contributed by atoms with Gasteiger partial charge in [0.2, 0.25) is 11.8 Å². The van der Waals surface area contributed by atoms with E-state index in [4.69, 9.17) is 0 Å². The van der Waals surface area contributed by atoms with Gasteiger partial charge in [0.25, 0.3) is 0 Å². The molecule has 5 nitrogen and oxygen atoms in total. The molecule has 0 saturated heterocycles. The summed E-state index contributed by atoms with van der Waals surface area (Å²) in [5.74, 6) is 0.386. The first-order chi connectivity index (χ1) is 9.94. The highest BCUT2D eigenvalue weighted by Crippen LogP contribution is 2.28. The van der Waals surface area contributed by atoms with Crippen LogP contribution in [0.25, 0.3) is 10.2 Å². The molecular formula is C15H19N3O2S. The molecule has 0 fully saturated rings. The minimum atomic E-state index is -0.110. The smallest absolute Gasteiger partial charge is 0.226 e. The number of thiazole rings is 1. The third-order valence-corrected chi connectivity index (χ3v) is 3.84. The highest BCUT2D eigenvalue weighted by molar-refractivity contribution is 7.22. The van der Waals surface area contributed by atoms with E-state index in [2.05, 4.69) is 29.5 Å². The van der Waals surface area contributed by atoms with Crippen LogP contribution in [0.4, 0.5) is 10.8 Å². The van der Waals surface area contributed by atoms with Gasteiger partial charge in [0.05, 0.1) is 10.2 Å². The van der Waals surface area contributed by atoms with Crippen LogP contribution >= 0.6 is 11.3 Å². The van der Waals surface area contributed by atoms with Crippen LogP contribution < -0.4 is 10.6 Å². The fourth-order valence-corrected chi connectivity index (χ4v) is 2.78. The van der Waals surface area contributed by atoms with Crippen LogP contribution in [0, 0.1) is 5.92 Å². The number of carbonyl (C=O) groups is 2. The Kier molecular flexibility index (Phi) is 4.90. The molecule has 1 heterocycles. The zero-order chi connectivity index (χ0) is 15.4. The summed E-state index contributed by atoms with van der Waals surface area (Å²) >= 11 is 1.41. The lowest BCUT2D eigenvalue weighted by Gasteiger charge is -2.03. The van der Waals surface area contributed by atoms with Crippen molar-refractivity contribution in [1.82, 2.24) is 4.98 Å². The Labute approximate surface area is 127 Å². The van der Waals surface area contributed by atoms with Crippen molar-refractivity contribution >= 4 is 44.2 Å². The number of rotatable bonds is 5. The van der Waals surface area contributed by atoms with Gasteiger partial charge in [-0.05, 0) is 30.5 Å². The lowest BCUT2D eigenvalue weighted by Crippen LogP contribution is -2.11. The van der Waals surface area contributed by atoms with Crippen LogP contribution in [0.2, 0.25) is 0 Å². The number of aromatic nitrogens is 1. The number of carbonyl (C=O) groups excluding carboxylic acids is 2. The van der Waals surface area contributed by atoms with E-state index in [0.717, 1.165) is 22.3 Å². The SMILES string of the molecule is CC(=O)Nc1ccc2nc(NC(=O)CCC(C)C)sc2c1. The Bertz CT molecular complexity index is 664. The maximum absolute atomic E-state index is 11.8. The first-order valence-electron chi connectivity index (χ1n) is 6.92. The van der Waals surface area contributed by atoms with Gasteiger partial charge in [-0.15, -0.1) is 0 Å². The van der Waals surface area contributed by atoms with Gasteiger partial charge >= 0.3 is 0 Å². The average molecular weight is 305 g/mol. The molecule has 0 bridgehead atoms. The molecule has 2 rings (SSSR count). The molecule has 0 aliphatic rings. The van der Waals surface area contributed by atoms with Crippen LogP contribution in [-0.2, 0) is 9.59 Å². The number of benzene rings is 1. The maximum Gasteiger partial charge on any atom is 0.226 e. The fourth-order valence-electron chi connectivity index (χ4n) is 1.86. The number of hydrogen-bond donors (Lipinski definition) is 2. The summed E-state index contributed by atoms with van der Waals surface area (Å²) in [5.41, 5.74) is 1.55. The van der Waals surface area contributed by atoms with Crippen molar-refractivity contribution in [3.63, 3.8) is 0 Å². The van der Waals surface area contributed by atoms with E-state index in [9.17, 15) is 9.59 Å². The van der Waals surface area contributed by atoms with Gasteiger partial charge in [-0.3, -0.25) is 9.59 Å². The van der Waals surface area contributed by atoms with Gasteiger partial charge in [0.1, 0.15) is 0 Å². The Balaban J connectivity index is 2.08. The number of fused-ring (bicyclic) bond motifs is 1. The van der Waals surface area contributed by atoms with Gasteiger partial charge < -0.3 is 10.6 Å². The van der Waals surface area contributed by atoms with Crippen molar-refractivity contribution in [2.24, 2.45) is 5.92 Å². The predicted octanol–water partition coefficient (Wildman–Crippen LogP) is 3.63. The molecule has 0 atom stereocenters. The first-order valence-corrected chi connectivity index (χ1v) is 7.73. The second-order valence-corrected chi connectivity index (χ2v) is 6.39. The van der Waals surface area contributed by atoms with Crippen molar-refractivity contribution in [2.75, 3.05) is 10.6 Å². The van der Waals surface area contributed by atoms with E-state index < -0.39 is 0 Å². The molecular weight excluding hydrogens is 286 g/mol. The molecule has 0 aliphatic heterocycles. The molecule has 2 amide bonds. The first kappa shape index (κ1) is 15.4. The van der Waals surface area contributed by atoms with Crippen molar-refractivity contribution in [1.29, 1.82) is 0 Å². The van der Waals surface area contributed by atoms with Crippen LogP contribution in [0.5, 0.6) is 0 Å². The third-order valence-electron chi connectivity index (χ3n) is 2.90. The van der Waals surface area contributed by atoms with Crippen LogP contribution in [0.15, 0.2) is 18.2 Å². The highest BCUT2D eigenvalue weighted by Gasteiger charge is 2.09. The van der Waals surface area contributed by atoms with Crippen molar-refractivity contribution < 1.29 is 9.59 Å². The summed E-state index contributed by atoms with van der Waals surface area (Å²) in [4.78, 5) is 27.2. The molecule has 0 spiro atoms. The molecule has 0 radical (unpaired) electrons. The van der Waals surface area contributed by atoms with Gasteiger partial charge in [0.15, 0.2) is 5.13 Å². The number of nitrogens with one attached hydrogen (secondary N) is 2. The number of hydrogen-bond acceptors (Lipinski definition) is 4. The molecule has 0 aliphatic carbocycles. The second kappa shape index (κ2) is 6.67. The average Bonchev–Trinajstić information content (AvgIpc) is 2.77. The second-order valence-electron chi connectivity index (χ2n) is 5.36. The van der Waals surface area contributed by atoms with Gasteiger partial charge in [-0.2, -0.15) is 0 Å². The Morgan fingerprint density at radius 2 is 2.05 bits per heavy atom. The molecule has 1 aromatic carbocycles. The highest BCUT2D eigenvalue weighted by atomic mass is 32.1. The molecule has 2 N–H and O–H groups in total. The van der Waals surface area contributed by atoms with E-state index in [1.54, 1.807) is 6.07 Å². The Morgan fingerprint density at radius 1 is 1.29 bits per heavy atom. The summed E-state index contributed by atoms with van der Waals surface area (Å²) in [5, 5.41) is 6.16. The number of anilines is 2. The van der Waals surface area contributed by atoms with Gasteiger partial charge in [-0.25, -0.2) is 4.98 Å². The summed E-state index contributed by atoms with van der Waals surface area (Å²) in [6.45, 7) is 5.65. The van der Waals surface area contributed by atoms with Crippen molar-refractivity contribution in [2.45, 2.75) is 33.6 Å². The Hall–Kier alpha value is -1.95. The summed E-state index contributed by atoms with van der Waals surface area (Å²) in [6, 6.07) is 5.49. The fraction of sp³-hybridized carbons (Fsp3) is 0.400. The molecule has 0 saturated carbocycles. The zero-order valence-corrected chi connectivity index (χ0v) is 13.2. The topological polar surface area (TPSA) is 71.1 Å². The van der Waals surface area contributed by atoms with E-state index in [-0.39, 0.29) is 11.8 Å². The van der Waals surface area contributed by atoms with Gasteiger partial charge in [0, 0.05) is 19.0 Å². The molecule has 0 unspecified atom stereocenters. The van der Waals surface area contributed by atoms with Crippen molar-refractivity contribution in [3.05, 3.63) is 18.2 Å². The molecule has 112 valence electrons. The van der Waals surface area contributed by atoms with E-state index in [1.807, 2.05) is 12.1 Å². The Morgan fingerprint density at radius 3 is 2.71 bits per heavy atom. The lowest BCUT2D eigenvalue weighted by molar-refractivity contribution is -0.116. The largest absolute Gasteiger partial charge is 0.326 e. The van der Waals surface area contributed by atoms with Crippen LogP contribution in [0.3, 0.4) is 0 Å². The molecule has 2 aromatic rings. The monoisotopic (exact) mass is 305 g/mol. The van der Waals surface area contributed by atoms with E-state index >= 15 is 0 Å². The minimum absolute atomic E-state index is 0.00941. The van der Waals surface area contributed by atoms with E-state index in [0.29, 0.717) is 17.5 Å². The van der Waals surface area contributed by atoms with Gasteiger partial charge in [-0.1, -0.05) is 25.2 Å².